The number of carbonyl (C=O) groups is 2. The van der Waals surface area contributed by atoms with E-state index in [-0.39, 0.29) is 11.8 Å². The van der Waals surface area contributed by atoms with Crippen LogP contribution in [0.4, 0.5) is 0 Å². The van der Waals surface area contributed by atoms with Crippen LogP contribution in [0.15, 0.2) is 36.9 Å². The first-order valence-electron chi connectivity index (χ1n) is 7.30. The van der Waals surface area contributed by atoms with E-state index in [1.54, 1.807) is 0 Å². The molecule has 0 bridgehead atoms. The number of amides is 2. The summed E-state index contributed by atoms with van der Waals surface area (Å²) in [5.74, 6) is 0.278. The van der Waals surface area contributed by atoms with Crippen LogP contribution >= 0.6 is 0 Å². The maximum absolute atomic E-state index is 12.0. The van der Waals surface area contributed by atoms with Crippen molar-refractivity contribution in [1.82, 2.24) is 10.6 Å². The standard InChI is InChI=1S/C17H24N2O2/c1-4-13(3)11-18-17(21)10-14-8-6-7-9-15(14)12-19-16(20)5-2/h5-9,13H,2,4,10-12H2,1,3H3,(H,18,21)(H,19,20). The predicted octanol–water partition coefficient (Wildman–Crippen LogP) is 2.19. The van der Waals surface area contributed by atoms with Crippen LogP contribution in [-0.2, 0) is 22.6 Å². The van der Waals surface area contributed by atoms with E-state index in [0.29, 0.717) is 25.4 Å². The summed E-state index contributed by atoms with van der Waals surface area (Å²) in [5, 5.41) is 5.68. The maximum Gasteiger partial charge on any atom is 0.243 e. The zero-order chi connectivity index (χ0) is 15.7. The Kier molecular flexibility index (Phi) is 7.23. The molecule has 0 aliphatic rings. The minimum Gasteiger partial charge on any atom is -0.356 e. The monoisotopic (exact) mass is 288 g/mol. The summed E-state index contributed by atoms with van der Waals surface area (Å²) >= 11 is 0. The number of rotatable bonds is 8. The van der Waals surface area contributed by atoms with Gasteiger partial charge >= 0.3 is 0 Å². The molecule has 2 N–H and O–H groups in total. The summed E-state index contributed by atoms with van der Waals surface area (Å²) in [5.41, 5.74) is 1.88. The third-order valence-electron chi connectivity index (χ3n) is 3.45. The molecule has 1 aromatic rings. The molecule has 0 radical (unpaired) electrons. The summed E-state index contributed by atoms with van der Waals surface area (Å²) < 4.78 is 0. The molecule has 4 nitrogen and oxygen atoms in total. The average Bonchev–Trinajstić information content (AvgIpc) is 2.51. The Hall–Kier alpha value is -2.10. The maximum atomic E-state index is 12.0. The van der Waals surface area contributed by atoms with E-state index in [1.807, 2.05) is 24.3 Å². The van der Waals surface area contributed by atoms with E-state index in [4.69, 9.17) is 0 Å². The van der Waals surface area contributed by atoms with Gasteiger partial charge in [0.2, 0.25) is 11.8 Å². The molecule has 0 saturated carbocycles. The van der Waals surface area contributed by atoms with E-state index < -0.39 is 0 Å². The first kappa shape index (κ1) is 17.0. The van der Waals surface area contributed by atoms with Crippen molar-refractivity contribution in [3.63, 3.8) is 0 Å². The van der Waals surface area contributed by atoms with Gasteiger partial charge < -0.3 is 10.6 Å². The highest BCUT2D eigenvalue weighted by molar-refractivity contribution is 5.86. The highest BCUT2D eigenvalue weighted by atomic mass is 16.2. The SMILES string of the molecule is C=CC(=O)NCc1ccccc1CC(=O)NCC(C)CC. The van der Waals surface area contributed by atoms with Gasteiger partial charge in [0.15, 0.2) is 0 Å². The fourth-order valence-corrected chi connectivity index (χ4v) is 1.82. The van der Waals surface area contributed by atoms with Gasteiger partial charge in [-0.2, -0.15) is 0 Å². The third kappa shape index (κ3) is 6.25. The largest absolute Gasteiger partial charge is 0.356 e. The van der Waals surface area contributed by atoms with Gasteiger partial charge in [0, 0.05) is 13.1 Å². The minimum absolute atomic E-state index is 0.0118. The van der Waals surface area contributed by atoms with Crippen molar-refractivity contribution in [1.29, 1.82) is 0 Å². The van der Waals surface area contributed by atoms with Crippen molar-refractivity contribution in [3.05, 3.63) is 48.0 Å². The predicted molar refractivity (Wildman–Crippen MR) is 84.7 cm³/mol. The molecular weight excluding hydrogens is 264 g/mol. The Bertz CT molecular complexity index is 497. The summed E-state index contributed by atoms with van der Waals surface area (Å²) in [6, 6.07) is 7.63. The Morgan fingerprint density at radius 1 is 1.24 bits per heavy atom. The second-order valence-corrected chi connectivity index (χ2v) is 5.18. The number of hydrogen-bond donors (Lipinski definition) is 2. The highest BCUT2D eigenvalue weighted by Crippen LogP contribution is 2.09. The van der Waals surface area contributed by atoms with Crippen LogP contribution in [0.25, 0.3) is 0 Å². The molecule has 0 heterocycles. The van der Waals surface area contributed by atoms with Crippen LogP contribution in [0.1, 0.15) is 31.4 Å². The Morgan fingerprint density at radius 2 is 1.90 bits per heavy atom. The molecule has 0 fully saturated rings. The molecular formula is C17H24N2O2. The van der Waals surface area contributed by atoms with E-state index in [2.05, 4.69) is 31.1 Å². The van der Waals surface area contributed by atoms with Gasteiger partial charge in [-0.1, -0.05) is 51.1 Å². The van der Waals surface area contributed by atoms with Crippen molar-refractivity contribution in [2.45, 2.75) is 33.2 Å². The van der Waals surface area contributed by atoms with Gasteiger partial charge in [-0.05, 0) is 23.1 Å². The van der Waals surface area contributed by atoms with E-state index in [1.165, 1.54) is 6.08 Å². The van der Waals surface area contributed by atoms with Crippen molar-refractivity contribution < 1.29 is 9.59 Å². The lowest BCUT2D eigenvalue weighted by atomic mass is 10.0. The van der Waals surface area contributed by atoms with Crippen LogP contribution in [0.5, 0.6) is 0 Å². The van der Waals surface area contributed by atoms with E-state index in [9.17, 15) is 9.59 Å². The quantitative estimate of drug-likeness (QED) is 0.720. The zero-order valence-corrected chi connectivity index (χ0v) is 12.8. The summed E-state index contributed by atoms with van der Waals surface area (Å²) in [6.07, 6.45) is 2.61. The van der Waals surface area contributed by atoms with Gasteiger partial charge in [0.1, 0.15) is 0 Å². The Labute approximate surface area is 126 Å². The third-order valence-corrected chi connectivity index (χ3v) is 3.45. The molecule has 114 valence electrons. The van der Waals surface area contributed by atoms with Gasteiger partial charge in [0.05, 0.1) is 6.42 Å². The van der Waals surface area contributed by atoms with Crippen LogP contribution < -0.4 is 10.6 Å². The Balaban J connectivity index is 2.59. The van der Waals surface area contributed by atoms with Crippen LogP contribution in [0.2, 0.25) is 0 Å². The molecule has 1 aromatic carbocycles. The van der Waals surface area contributed by atoms with E-state index in [0.717, 1.165) is 17.5 Å². The van der Waals surface area contributed by atoms with Crippen LogP contribution in [0.3, 0.4) is 0 Å². The summed E-state index contributed by atoms with van der Waals surface area (Å²) in [4.78, 5) is 23.2. The molecule has 0 aliphatic heterocycles. The number of hydrogen-bond acceptors (Lipinski definition) is 2. The zero-order valence-electron chi connectivity index (χ0n) is 12.8. The first-order chi connectivity index (χ1) is 10.1. The van der Waals surface area contributed by atoms with Crippen molar-refractivity contribution >= 4 is 11.8 Å². The van der Waals surface area contributed by atoms with Crippen LogP contribution in [0, 0.1) is 5.92 Å². The molecule has 0 spiro atoms. The molecule has 0 saturated heterocycles. The second kappa shape index (κ2) is 8.95. The lowest BCUT2D eigenvalue weighted by molar-refractivity contribution is -0.120. The molecule has 1 rings (SSSR count). The number of nitrogens with one attached hydrogen (secondary N) is 2. The van der Waals surface area contributed by atoms with Crippen LogP contribution in [-0.4, -0.2) is 18.4 Å². The highest BCUT2D eigenvalue weighted by Gasteiger charge is 2.09. The molecule has 21 heavy (non-hydrogen) atoms. The lowest BCUT2D eigenvalue weighted by Gasteiger charge is -2.12. The minimum atomic E-state index is -0.217. The number of benzene rings is 1. The molecule has 1 atom stereocenters. The smallest absolute Gasteiger partial charge is 0.243 e. The molecule has 4 heteroatoms. The molecule has 0 aromatic heterocycles. The molecule has 0 aliphatic carbocycles. The first-order valence-corrected chi connectivity index (χ1v) is 7.30. The topological polar surface area (TPSA) is 58.2 Å². The normalized spacial score (nSPS) is 11.5. The van der Waals surface area contributed by atoms with Gasteiger partial charge in [-0.3, -0.25) is 9.59 Å². The van der Waals surface area contributed by atoms with Crippen molar-refractivity contribution in [3.8, 4) is 0 Å². The summed E-state index contributed by atoms with van der Waals surface area (Å²) in [6.45, 7) is 8.73. The second-order valence-electron chi connectivity index (χ2n) is 5.18. The van der Waals surface area contributed by atoms with Gasteiger partial charge in [-0.15, -0.1) is 0 Å². The summed E-state index contributed by atoms with van der Waals surface area (Å²) in [7, 11) is 0. The average molecular weight is 288 g/mol. The Morgan fingerprint density at radius 3 is 2.52 bits per heavy atom. The fourth-order valence-electron chi connectivity index (χ4n) is 1.82. The van der Waals surface area contributed by atoms with Gasteiger partial charge in [0.25, 0.3) is 0 Å². The lowest BCUT2D eigenvalue weighted by Crippen LogP contribution is -2.30. The number of carbonyl (C=O) groups excluding carboxylic acids is 2. The van der Waals surface area contributed by atoms with E-state index >= 15 is 0 Å². The van der Waals surface area contributed by atoms with Crippen molar-refractivity contribution in [2.24, 2.45) is 5.92 Å². The fraction of sp³-hybridized carbons (Fsp3) is 0.412. The van der Waals surface area contributed by atoms with Gasteiger partial charge in [-0.25, -0.2) is 0 Å². The molecule has 1 unspecified atom stereocenters. The van der Waals surface area contributed by atoms with Crippen molar-refractivity contribution in [2.75, 3.05) is 6.54 Å². The molecule has 2 amide bonds.